The molecule has 0 aliphatic carbocycles. The van der Waals surface area contributed by atoms with Crippen molar-refractivity contribution in [3.05, 3.63) is 70.7 Å². The number of hydrogen-bond donors (Lipinski definition) is 0. The molecular formula is C24H28N2O2. The van der Waals surface area contributed by atoms with Gasteiger partial charge in [-0.25, -0.2) is 4.79 Å². The van der Waals surface area contributed by atoms with Gasteiger partial charge in [0.2, 0.25) is 0 Å². The van der Waals surface area contributed by atoms with E-state index < -0.39 is 0 Å². The molecule has 0 atom stereocenters. The van der Waals surface area contributed by atoms with Crippen LogP contribution in [-0.2, 0) is 0 Å². The first-order valence-corrected chi connectivity index (χ1v) is 9.71. The number of ether oxygens (including phenoxy) is 1. The number of hydrogen-bond acceptors (Lipinski definition) is 3. The SMILES string of the molecule is C=C(C)COc1ccc2c(c1)c(-c1ccc(C(C)C)cc1)nc(=O)n2C(C)C. The molecule has 3 aromatic rings. The highest BCUT2D eigenvalue weighted by Gasteiger charge is 2.15. The maximum Gasteiger partial charge on any atom is 0.348 e. The Bertz CT molecular complexity index is 1060. The van der Waals surface area contributed by atoms with Gasteiger partial charge in [-0.05, 0) is 56.0 Å². The summed E-state index contributed by atoms with van der Waals surface area (Å²) < 4.78 is 7.56. The average Bonchev–Trinajstić information content (AvgIpc) is 2.65. The van der Waals surface area contributed by atoms with E-state index in [-0.39, 0.29) is 11.7 Å². The molecule has 0 bridgehead atoms. The first kappa shape index (κ1) is 19.9. The van der Waals surface area contributed by atoms with Gasteiger partial charge in [-0.3, -0.25) is 4.57 Å². The molecule has 4 nitrogen and oxygen atoms in total. The lowest BCUT2D eigenvalue weighted by molar-refractivity contribution is 0.353. The average molecular weight is 377 g/mol. The van der Waals surface area contributed by atoms with E-state index in [2.05, 4.69) is 37.5 Å². The minimum absolute atomic E-state index is 0.0158. The number of aromatic nitrogens is 2. The molecule has 146 valence electrons. The summed E-state index contributed by atoms with van der Waals surface area (Å²) in [5.74, 6) is 1.20. The van der Waals surface area contributed by atoms with Crippen molar-refractivity contribution in [1.82, 2.24) is 9.55 Å². The molecule has 3 rings (SSSR count). The van der Waals surface area contributed by atoms with E-state index in [0.717, 1.165) is 27.8 Å². The van der Waals surface area contributed by atoms with Crippen LogP contribution in [0.3, 0.4) is 0 Å². The van der Waals surface area contributed by atoms with Crippen LogP contribution in [0.15, 0.2) is 59.4 Å². The third kappa shape index (κ3) is 4.01. The summed E-state index contributed by atoms with van der Waals surface area (Å²) in [5.41, 5.74) is 4.46. The van der Waals surface area contributed by atoms with Crippen LogP contribution < -0.4 is 10.4 Å². The van der Waals surface area contributed by atoms with Crippen molar-refractivity contribution in [3.8, 4) is 17.0 Å². The van der Waals surface area contributed by atoms with E-state index in [9.17, 15) is 4.79 Å². The summed E-state index contributed by atoms with van der Waals surface area (Å²) in [6.45, 7) is 14.6. The van der Waals surface area contributed by atoms with Crippen molar-refractivity contribution in [1.29, 1.82) is 0 Å². The third-order valence-electron chi connectivity index (χ3n) is 4.75. The van der Waals surface area contributed by atoms with E-state index in [1.165, 1.54) is 5.56 Å². The Hall–Kier alpha value is -2.88. The van der Waals surface area contributed by atoms with Gasteiger partial charge in [-0.15, -0.1) is 0 Å². The summed E-state index contributed by atoms with van der Waals surface area (Å²) in [4.78, 5) is 17.2. The molecule has 1 heterocycles. The Morgan fingerprint density at radius 2 is 1.79 bits per heavy atom. The molecule has 1 aromatic heterocycles. The fourth-order valence-corrected chi connectivity index (χ4v) is 3.27. The predicted molar refractivity (Wildman–Crippen MR) is 116 cm³/mol. The first-order chi connectivity index (χ1) is 13.3. The van der Waals surface area contributed by atoms with Crippen LogP contribution in [0.1, 0.15) is 52.1 Å². The Morgan fingerprint density at radius 3 is 2.36 bits per heavy atom. The molecule has 0 fully saturated rings. The summed E-state index contributed by atoms with van der Waals surface area (Å²) in [7, 11) is 0. The second kappa shape index (κ2) is 8.01. The number of nitrogens with zero attached hydrogens (tertiary/aromatic N) is 2. The van der Waals surface area contributed by atoms with Crippen molar-refractivity contribution < 1.29 is 4.74 Å². The highest BCUT2D eigenvalue weighted by atomic mass is 16.5. The van der Waals surface area contributed by atoms with Gasteiger partial charge in [0.05, 0.1) is 11.2 Å². The Labute approximate surface area is 166 Å². The van der Waals surface area contributed by atoms with Crippen molar-refractivity contribution >= 4 is 10.9 Å². The highest BCUT2D eigenvalue weighted by Crippen LogP contribution is 2.30. The summed E-state index contributed by atoms with van der Waals surface area (Å²) in [6.07, 6.45) is 0. The zero-order valence-corrected chi connectivity index (χ0v) is 17.3. The van der Waals surface area contributed by atoms with Crippen molar-refractivity contribution in [2.45, 2.75) is 46.6 Å². The van der Waals surface area contributed by atoms with Crippen molar-refractivity contribution in [2.75, 3.05) is 6.61 Å². The molecule has 0 saturated carbocycles. The largest absolute Gasteiger partial charge is 0.489 e. The first-order valence-electron chi connectivity index (χ1n) is 9.71. The van der Waals surface area contributed by atoms with Crippen molar-refractivity contribution in [3.63, 3.8) is 0 Å². The quantitative estimate of drug-likeness (QED) is 0.517. The fraction of sp³-hybridized carbons (Fsp3) is 0.333. The van der Waals surface area contributed by atoms with Crippen LogP contribution >= 0.6 is 0 Å². The Morgan fingerprint density at radius 1 is 1.11 bits per heavy atom. The normalized spacial score (nSPS) is 11.4. The Kier molecular flexibility index (Phi) is 5.68. The van der Waals surface area contributed by atoms with Crippen LogP contribution in [-0.4, -0.2) is 16.2 Å². The van der Waals surface area contributed by atoms with E-state index in [1.54, 1.807) is 4.57 Å². The molecule has 0 unspecified atom stereocenters. The van der Waals surface area contributed by atoms with E-state index in [4.69, 9.17) is 4.74 Å². The third-order valence-corrected chi connectivity index (χ3v) is 4.75. The molecule has 0 N–H and O–H groups in total. The molecule has 2 aromatic carbocycles. The lowest BCUT2D eigenvalue weighted by Gasteiger charge is -2.17. The molecule has 4 heteroatoms. The second-order valence-electron chi connectivity index (χ2n) is 7.91. The monoisotopic (exact) mass is 376 g/mol. The summed E-state index contributed by atoms with van der Waals surface area (Å²) in [5, 5.41) is 0.907. The van der Waals surface area contributed by atoms with Crippen LogP contribution in [0.25, 0.3) is 22.2 Å². The lowest BCUT2D eigenvalue weighted by Crippen LogP contribution is -2.25. The highest BCUT2D eigenvalue weighted by molar-refractivity contribution is 5.93. The van der Waals surface area contributed by atoms with Crippen LogP contribution in [0.4, 0.5) is 0 Å². The standard InChI is InChI=1S/C24H28N2O2/c1-15(2)14-28-20-11-12-22-21(13-20)23(25-24(27)26(22)17(5)6)19-9-7-18(8-10-19)16(3)4/h7-13,16-17H,1,14H2,2-6H3. The number of benzene rings is 2. The van der Waals surface area contributed by atoms with Gasteiger partial charge in [-0.1, -0.05) is 44.7 Å². The second-order valence-corrected chi connectivity index (χ2v) is 7.91. The van der Waals surface area contributed by atoms with E-state index in [0.29, 0.717) is 18.2 Å². The molecule has 0 saturated heterocycles. The van der Waals surface area contributed by atoms with Gasteiger partial charge >= 0.3 is 5.69 Å². The zero-order valence-electron chi connectivity index (χ0n) is 17.3. The molecule has 0 amide bonds. The Balaban J connectivity index is 2.22. The topological polar surface area (TPSA) is 44.1 Å². The smallest absolute Gasteiger partial charge is 0.348 e. The summed E-state index contributed by atoms with van der Waals surface area (Å²) >= 11 is 0. The lowest BCUT2D eigenvalue weighted by atomic mass is 9.99. The van der Waals surface area contributed by atoms with Crippen LogP contribution in [0.2, 0.25) is 0 Å². The van der Waals surface area contributed by atoms with Gasteiger partial charge < -0.3 is 4.74 Å². The molecule has 0 spiro atoms. The number of fused-ring (bicyclic) bond motifs is 1. The molecular weight excluding hydrogens is 348 g/mol. The minimum atomic E-state index is -0.235. The molecule has 0 aliphatic rings. The van der Waals surface area contributed by atoms with Gasteiger partial charge in [0.25, 0.3) is 0 Å². The van der Waals surface area contributed by atoms with E-state index in [1.807, 2.05) is 51.1 Å². The molecule has 0 aliphatic heterocycles. The maximum absolute atomic E-state index is 12.8. The maximum atomic E-state index is 12.8. The number of rotatable bonds is 6. The molecule has 28 heavy (non-hydrogen) atoms. The predicted octanol–water partition coefficient (Wildman–Crippen LogP) is 5.72. The van der Waals surface area contributed by atoms with Gasteiger partial charge in [-0.2, -0.15) is 4.98 Å². The van der Waals surface area contributed by atoms with Crippen molar-refractivity contribution in [2.24, 2.45) is 0 Å². The zero-order chi connectivity index (χ0) is 20.4. The minimum Gasteiger partial charge on any atom is -0.489 e. The van der Waals surface area contributed by atoms with E-state index >= 15 is 0 Å². The van der Waals surface area contributed by atoms with Gasteiger partial charge in [0, 0.05) is 17.0 Å². The summed E-state index contributed by atoms with van der Waals surface area (Å²) in [6, 6.07) is 14.1. The van der Waals surface area contributed by atoms with Crippen LogP contribution in [0, 0.1) is 0 Å². The van der Waals surface area contributed by atoms with Gasteiger partial charge in [0.1, 0.15) is 12.4 Å². The fourth-order valence-electron chi connectivity index (χ4n) is 3.27. The van der Waals surface area contributed by atoms with Gasteiger partial charge in [0.15, 0.2) is 0 Å². The van der Waals surface area contributed by atoms with Crippen LogP contribution in [0.5, 0.6) is 5.75 Å². The molecule has 0 radical (unpaired) electrons.